The molecule has 0 aliphatic heterocycles. The highest BCUT2D eigenvalue weighted by molar-refractivity contribution is 7.91. The average Bonchev–Trinajstić information content (AvgIpc) is 2.67. The Kier molecular flexibility index (Phi) is 7.45. The number of hydrogen-bond acceptors (Lipinski definition) is 3. The van der Waals surface area contributed by atoms with E-state index >= 15 is 0 Å². The molecule has 0 heterocycles. The van der Waals surface area contributed by atoms with Crippen LogP contribution in [0.4, 0.5) is 13.2 Å². The van der Waals surface area contributed by atoms with E-state index in [1.807, 2.05) is 0 Å². The second-order valence-electron chi connectivity index (χ2n) is 6.00. The molecule has 0 aliphatic rings. The van der Waals surface area contributed by atoms with E-state index in [-0.39, 0.29) is 17.2 Å². The molecule has 0 atom stereocenters. The summed E-state index contributed by atoms with van der Waals surface area (Å²) in [6, 6.07) is 13.2. The summed E-state index contributed by atoms with van der Waals surface area (Å²) < 4.78 is 62.1. The molecular weight excluding hydrogens is 391 g/mol. The van der Waals surface area contributed by atoms with Gasteiger partial charge >= 0.3 is 6.18 Å². The smallest absolute Gasteiger partial charge is 0.356 e. The maximum atomic E-state index is 12.6. The highest BCUT2D eigenvalue weighted by Gasteiger charge is 2.29. The monoisotopic (exact) mass is 413 g/mol. The van der Waals surface area contributed by atoms with Crippen LogP contribution in [-0.4, -0.2) is 40.3 Å². The second kappa shape index (κ2) is 9.59. The quantitative estimate of drug-likeness (QED) is 0.541. The van der Waals surface area contributed by atoms with E-state index in [0.717, 1.165) is 17.7 Å². The maximum Gasteiger partial charge on any atom is 0.416 e. The fourth-order valence-corrected chi connectivity index (χ4v) is 3.63. The van der Waals surface area contributed by atoms with Gasteiger partial charge < -0.3 is 10.6 Å². The molecular formula is C19H22F3N3O2S. The van der Waals surface area contributed by atoms with E-state index in [1.54, 1.807) is 37.4 Å². The van der Waals surface area contributed by atoms with Crippen molar-refractivity contribution in [1.82, 2.24) is 10.6 Å². The lowest BCUT2D eigenvalue weighted by Gasteiger charge is -2.12. The minimum atomic E-state index is -4.34. The van der Waals surface area contributed by atoms with Gasteiger partial charge in [0.05, 0.1) is 16.2 Å². The average molecular weight is 413 g/mol. The van der Waals surface area contributed by atoms with Crippen LogP contribution in [0.3, 0.4) is 0 Å². The number of sulfone groups is 1. The topological polar surface area (TPSA) is 70.6 Å². The molecule has 28 heavy (non-hydrogen) atoms. The highest BCUT2D eigenvalue weighted by Crippen LogP contribution is 2.29. The molecule has 2 aromatic carbocycles. The molecule has 0 unspecified atom stereocenters. The minimum absolute atomic E-state index is 0.0867. The largest absolute Gasteiger partial charge is 0.416 e. The van der Waals surface area contributed by atoms with Crippen molar-refractivity contribution in [1.29, 1.82) is 0 Å². The van der Waals surface area contributed by atoms with Crippen molar-refractivity contribution in [3.05, 3.63) is 65.7 Å². The number of halogens is 3. The summed E-state index contributed by atoms with van der Waals surface area (Å²) in [6.07, 6.45) is -3.84. The predicted octanol–water partition coefficient (Wildman–Crippen LogP) is 2.89. The number of alkyl halides is 3. The first-order chi connectivity index (χ1) is 13.2. The fraction of sp³-hybridized carbons (Fsp3) is 0.316. The number of rotatable bonds is 7. The summed E-state index contributed by atoms with van der Waals surface area (Å²) in [5.74, 6) is 0.339. The van der Waals surface area contributed by atoms with E-state index in [2.05, 4.69) is 15.6 Å². The van der Waals surface area contributed by atoms with Gasteiger partial charge in [0.25, 0.3) is 0 Å². The van der Waals surface area contributed by atoms with Crippen LogP contribution >= 0.6 is 0 Å². The molecule has 0 aliphatic carbocycles. The lowest BCUT2D eigenvalue weighted by molar-refractivity contribution is -0.137. The van der Waals surface area contributed by atoms with Gasteiger partial charge in [0.1, 0.15) is 0 Å². The van der Waals surface area contributed by atoms with Gasteiger partial charge in [-0.2, -0.15) is 13.2 Å². The first-order valence-electron chi connectivity index (χ1n) is 8.61. The standard InChI is InChI=1S/C19H22F3N3O2S/c1-23-18(25-13-14-28(26,27)17-5-3-2-4-6-17)24-12-11-15-7-9-16(10-8-15)19(20,21)22/h2-10H,11-14H2,1H3,(H2,23,24,25). The summed E-state index contributed by atoms with van der Waals surface area (Å²) >= 11 is 0. The van der Waals surface area contributed by atoms with Gasteiger partial charge in [0.2, 0.25) is 0 Å². The molecule has 0 amide bonds. The zero-order valence-electron chi connectivity index (χ0n) is 15.3. The lowest BCUT2D eigenvalue weighted by atomic mass is 10.1. The molecule has 2 rings (SSSR count). The summed E-state index contributed by atoms with van der Waals surface area (Å²) in [7, 11) is -1.83. The third kappa shape index (κ3) is 6.56. The molecule has 0 saturated carbocycles. The molecule has 2 aromatic rings. The third-order valence-corrected chi connectivity index (χ3v) is 5.71. The summed E-state index contributed by atoms with van der Waals surface area (Å²) in [5.41, 5.74) is 0.0731. The Bertz CT molecular complexity index is 881. The Labute approximate surface area is 162 Å². The van der Waals surface area contributed by atoms with Crippen LogP contribution in [0, 0.1) is 0 Å². The maximum absolute atomic E-state index is 12.6. The van der Waals surface area contributed by atoms with E-state index in [0.29, 0.717) is 18.9 Å². The molecule has 0 fully saturated rings. The van der Waals surface area contributed by atoms with Crippen molar-refractivity contribution in [3.8, 4) is 0 Å². The SMILES string of the molecule is CN=C(NCCc1ccc(C(F)(F)F)cc1)NCCS(=O)(=O)c1ccccc1. The zero-order valence-corrected chi connectivity index (χ0v) is 16.1. The van der Waals surface area contributed by atoms with Crippen LogP contribution in [-0.2, 0) is 22.4 Å². The fourth-order valence-electron chi connectivity index (χ4n) is 2.46. The van der Waals surface area contributed by atoms with Crippen LogP contribution in [0.1, 0.15) is 11.1 Å². The van der Waals surface area contributed by atoms with Gasteiger partial charge in [-0.15, -0.1) is 0 Å². The molecule has 9 heteroatoms. The summed E-state index contributed by atoms with van der Waals surface area (Å²) in [6.45, 7) is 0.619. The zero-order chi connectivity index (χ0) is 20.6. The molecule has 0 aromatic heterocycles. The molecule has 2 N–H and O–H groups in total. The van der Waals surface area contributed by atoms with Crippen LogP contribution in [0.2, 0.25) is 0 Å². The highest BCUT2D eigenvalue weighted by atomic mass is 32.2. The molecule has 0 bridgehead atoms. The van der Waals surface area contributed by atoms with Crippen molar-refractivity contribution in [2.75, 3.05) is 25.9 Å². The van der Waals surface area contributed by atoms with Gasteiger partial charge in [-0.1, -0.05) is 30.3 Å². The normalized spacial score (nSPS) is 12.6. The Morgan fingerprint density at radius 3 is 2.14 bits per heavy atom. The Hall–Kier alpha value is -2.55. The Balaban J connectivity index is 1.77. The van der Waals surface area contributed by atoms with Gasteiger partial charge in [-0.25, -0.2) is 8.42 Å². The number of nitrogens with one attached hydrogen (secondary N) is 2. The van der Waals surface area contributed by atoms with Crippen molar-refractivity contribution in [2.45, 2.75) is 17.5 Å². The number of nitrogens with zero attached hydrogens (tertiary/aromatic N) is 1. The van der Waals surface area contributed by atoms with Crippen molar-refractivity contribution in [3.63, 3.8) is 0 Å². The van der Waals surface area contributed by atoms with Crippen LogP contribution in [0.25, 0.3) is 0 Å². The number of aliphatic imine (C=N–C) groups is 1. The lowest BCUT2D eigenvalue weighted by Crippen LogP contribution is -2.40. The molecule has 0 saturated heterocycles. The van der Waals surface area contributed by atoms with Gasteiger partial charge in [-0.05, 0) is 36.2 Å². The predicted molar refractivity (Wildman–Crippen MR) is 103 cm³/mol. The molecule has 5 nitrogen and oxygen atoms in total. The van der Waals surface area contributed by atoms with Gasteiger partial charge in [0, 0.05) is 20.1 Å². The number of guanidine groups is 1. The van der Waals surface area contributed by atoms with Crippen LogP contribution < -0.4 is 10.6 Å². The molecule has 152 valence electrons. The molecule has 0 spiro atoms. The Morgan fingerprint density at radius 2 is 1.57 bits per heavy atom. The van der Waals surface area contributed by atoms with E-state index in [4.69, 9.17) is 0 Å². The minimum Gasteiger partial charge on any atom is -0.356 e. The number of benzene rings is 2. The van der Waals surface area contributed by atoms with Crippen LogP contribution in [0.15, 0.2) is 64.5 Å². The Morgan fingerprint density at radius 1 is 0.964 bits per heavy atom. The van der Waals surface area contributed by atoms with Crippen molar-refractivity contribution >= 4 is 15.8 Å². The number of hydrogen-bond donors (Lipinski definition) is 2. The molecule has 0 radical (unpaired) electrons. The first-order valence-corrected chi connectivity index (χ1v) is 10.3. The van der Waals surface area contributed by atoms with Crippen LogP contribution in [0.5, 0.6) is 0 Å². The van der Waals surface area contributed by atoms with Crippen molar-refractivity contribution < 1.29 is 21.6 Å². The second-order valence-corrected chi connectivity index (χ2v) is 8.11. The van der Waals surface area contributed by atoms with Gasteiger partial charge in [-0.3, -0.25) is 4.99 Å². The third-order valence-electron chi connectivity index (χ3n) is 3.98. The first kappa shape index (κ1) is 21.7. The summed E-state index contributed by atoms with van der Waals surface area (Å²) in [4.78, 5) is 4.27. The summed E-state index contributed by atoms with van der Waals surface area (Å²) in [5, 5.41) is 5.93. The van der Waals surface area contributed by atoms with Gasteiger partial charge in [0.15, 0.2) is 15.8 Å². The van der Waals surface area contributed by atoms with E-state index in [9.17, 15) is 21.6 Å². The van der Waals surface area contributed by atoms with E-state index in [1.165, 1.54) is 12.1 Å². The van der Waals surface area contributed by atoms with Crippen molar-refractivity contribution in [2.24, 2.45) is 4.99 Å². The van der Waals surface area contributed by atoms with E-state index < -0.39 is 21.6 Å².